The molecule has 1 saturated heterocycles. The van der Waals surface area contributed by atoms with E-state index in [2.05, 4.69) is 42.2 Å². The topological polar surface area (TPSA) is 71.2 Å². The SMILES string of the molecule is CCOC(=O)N1c2ccccc2[C@@]2(C)N=C(N)N3[C@H](CCc4ccccc4)CC[C@H]3[C@@H]12. The van der Waals surface area contributed by atoms with Crippen LogP contribution >= 0.6 is 0 Å². The van der Waals surface area contributed by atoms with Crippen molar-refractivity contribution in [2.75, 3.05) is 11.5 Å². The van der Waals surface area contributed by atoms with Crippen molar-refractivity contribution in [2.24, 2.45) is 10.7 Å². The van der Waals surface area contributed by atoms with E-state index in [0.717, 1.165) is 36.9 Å². The molecule has 0 spiro atoms. The van der Waals surface area contributed by atoms with Gasteiger partial charge in [-0.3, -0.25) is 4.90 Å². The van der Waals surface area contributed by atoms with Gasteiger partial charge in [0.15, 0.2) is 5.96 Å². The van der Waals surface area contributed by atoms with Crippen LogP contribution in [0.4, 0.5) is 10.5 Å². The lowest BCUT2D eigenvalue weighted by Gasteiger charge is -2.46. The van der Waals surface area contributed by atoms with Crippen LogP contribution in [0.5, 0.6) is 0 Å². The Morgan fingerprint density at radius 3 is 2.68 bits per heavy atom. The maximum atomic E-state index is 13.1. The molecule has 0 saturated carbocycles. The number of fused-ring (bicyclic) bond motifs is 5. The summed E-state index contributed by atoms with van der Waals surface area (Å²) < 4.78 is 5.47. The molecule has 1 fully saturated rings. The van der Waals surface area contributed by atoms with Gasteiger partial charge in [0.25, 0.3) is 0 Å². The molecule has 31 heavy (non-hydrogen) atoms. The van der Waals surface area contributed by atoms with Crippen LogP contribution in [0.3, 0.4) is 0 Å². The number of carbonyl (C=O) groups excluding carboxylic acids is 1. The van der Waals surface area contributed by atoms with Gasteiger partial charge >= 0.3 is 6.09 Å². The number of amides is 1. The van der Waals surface area contributed by atoms with E-state index in [-0.39, 0.29) is 18.2 Å². The molecule has 3 aliphatic rings. The van der Waals surface area contributed by atoms with Gasteiger partial charge in [-0.2, -0.15) is 0 Å². The van der Waals surface area contributed by atoms with Crippen molar-refractivity contribution in [2.45, 2.75) is 63.2 Å². The summed E-state index contributed by atoms with van der Waals surface area (Å²) in [5.74, 6) is 0.597. The molecule has 4 atom stereocenters. The molecule has 162 valence electrons. The molecule has 0 unspecified atom stereocenters. The van der Waals surface area contributed by atoms with E-state index < -0.39 is 5.54 Å². The Morgan fingerprint density at radius 2 is 1.90 bits per heavy atom. The number of nitrogens with zero attached hydrogens (tertiary/aromatic N) is 3. The zero-order chi connectivity index (χ0) is 21.6. The number of ether oxygens (including phenoxy) is 1. The Kier molecular flexibility index (Phi) is 4.88. The van der Waals surface area contributed by atoms with Gasteiger partial charge in [-0.05, 0) is 51.2 Å². The first kappa shape index (κ1) is 19.9. The van der Waals surface area contributed by atoms with Crippen LogP contribution in [0.25, 0.3) is 0 Å². The second-order valence-corrected chi connectivity index (χ2v) is 8.88. The number of rotatable bonds is 4. The van der Waals surface area contributed by atoms with Gasteiger partial charge in [-0.1, -0.05) is 48.5 Å². The van der Waals surface area contributed by atoms with E-state index in [1.165, 1.54) is 5.56 Å². The summed E-state index contributed by atoms with van der Waals surface area (Å²) in [7, 11) is 0. The summed E-state index contributed by atoms with van der Waals surface area (Å²) in [5.41, 5.74) is 9.30. The van der Waals surface area contributed by atoms with E-state index in [0.29, 0.717) is 18.6 Å². The normalized spacial score (nSPS) is 28.6. The van der Waals surface area contributed by atoms with Crippen molar-refractivity contribution in [3.8, 4) is 0 Å². The first-order valence-corrected chi connectivity index (χ1v) is 11.3. The smallest absolute Gasteiger partial charge is 0.414 e. The van der Waals surface area contributed by atoms with E-state index in [1.54, 1.807) is 0 Å². The molecular weight excluding hydrogens is 388 g/mol. The minimum Gasteiger partial charge on any atom is -0.449 e. The minimum absolute atomic E-state index is 0.125. The predicted molar refractivity (Wildman–Crippen MR) is 122 cm³/mol. The lowest BCUT2D eigenvalue weighted by atomic mass is 9.82. The van der Waals surface area contributed by atoms with Crippen molar-refractivity contribution >= 4 is 17.7 Å². The summed E-state index contributed by atoms with van der Waals surface area (Å²) >= 11 is 0. The summed E-state index contributed by atoms with van der Waals surface area (Å²) in [6.45, 7) is 4.30. The first-order chi connectivity index (χ1) is 15.0. The zero-order valence-corrected chi connectivity index (χ0v) is 18.2. The molecule has 3 heterocycles. The van der Waals surface area contributed by atoms with Gasteiger partial charge in [0, 0.05) is 11.6 Å². The maximum absolute atomic E-state index is 13.1. The largest absolute Gasteiger partial charge is 0.449 e. The van der Waals surface area contributed by atoms with Crippen molar-refractivity contribution < 1.29 is 9.53 Å². The second-order valence-electron chi connectivity index (χ2n) is 8.88. The third-order valence-electron chi connectivity index (χ3n) is 7.16. The highest BCUT2D eigenvalue weighted by atomic mass is 16.6. The second kappa shape index (κ2) is 7.59. The Hall–Kier alpha value is -3.02. The minimum atomic E-state index is -0.567. The summed E-state index contributed by atoms with van der Waals surface area (Å²) in [4.78, 5) is 22.2. The van der Waals surface area contributed by atoms with Gasteiger partial charge in [0.05, 0.1) is 24.4 Å². The van der Waals surface area contributed by atoms with E-state index in [9.17, 15) is 4.79 Å². The van der Waals surface area contributed by atoms with E-state index in [4.69, 9.17) is 15.5 Å². The standard InChI is InChI=1S/C25H30N4O2/c1-3-31-24(30)29-20-12-8-7-11-19(20)25(2)22(29)21-16-15-18(28(21)23(26)27-25)14-13-17-9-5-4-6-10-17/h4-12,18,21-22H,3,13-16H2,1-2H3,(H2,26,27)/t18-,21+,22-,25-/m1/s1. The number of aryl methyl sites for hydroxylation is 1. The number of anilines is 1. The van der Waals surface area contributed by atoms with Crippen molar-refractivity contribution in [1.82, 2.24) is 4.90 Å². The van der Waals surface area contributed by atoms with Crippen molar-refractivity contribution in [3.05, 3.63) is 65.7 Å². The highest BCUT2D eigenvalue weighted by molar-refractivity contribution is 5.94. The summed E-state index contributed by atoms with van der Waals surface area (Å²) in [5, 5.41) is 0. The van der Waals surface area contributed by atoms with Crippen LogP contribution in [0.1, 0.15) is 44.2 Å². The van der Waals surface area contributed by atoms with Crippen LogP contribution in [0.15, 0.2) is 59.6 Å². The molecule has 6 heteroatoms. The van der Waals surface area contributed by atoms with Crippen LogP contribution in [0.2, 0.25) is 0 Å². The third kappa shape index (κ3) is 3.08. The summed E-state index contributed by atoms with van der Waals surface area (Å²) in [6.07, 6.45) is 3.76. The Morgan fingerprint density at radius 1 is 1.16 bits per heavy atom. The van der Waals surface area contributed by atoms with Crippen molar-refractivity contribution in [1.29, 1.82) is 0 Å². The lowest BCUT2D eigenvalue weighted by molar-refractivity contribution is 0.141. The summed E-state index contributed by atoms with van der Waals surface area (Å²) in [6, 6.07) is 18.9. The molecule has 2 aromatic carbocycles. The fourth-order valence-electron chi connectivity index (χ4n) is 5.89. The van der Waals surface area contributed by atoms with E-state index >= 15 is 0 Å². The van der Waals surface area contributed by atoms with Gasteiger partial charge in [-0.15, -0.1) is 0 Å². The molecule has 2 N–H and O–H groups in total. The predicted octanol–water partition coefficient (Wildman–Crippen LogP) is 4.04. The number of benzene rings is 2. The van der Waals surface area contributed by atoms with Crippen molar-refractivity contribution in [3.63, 3.8) is 0 Å². The highest BCUT2D eigenvalue weighted by Crippen LogP contribution is 2.52. The molecule has 0 bridgehead atoms. The highest BCUT2D eigenvalue weighted by Gasteiger charge is 2.60. The van der Waals surface area contributed by atoms with Gasteiger partial charge in [0.1, 0.15) is 5.54 Å². The number of para-hydroxylation sites is 1. The van der Waals surface area contributed by atoms with Crippen LogP contribution in [-0.4, -0.2) is 41.7 Å². The molecule has 0 aliphatic carbocycles. The van der Waals surface area contributed by atoms with Gasteiger partial charge < -0.3 is 15.4 Å². The molecule has 1 amide bonds. The number of guanidine groups is 1. The number of hydrogen-bond acceptors (Lipinski definition) is 5. The molecule has 3 aliphatic heterocycles. The zero-order valence-electron chi connectivity index (χ0n) is 18.2. The number of nitrogens with two attached hydrogens (primary N) is 1. The molecule has 0 radical (unpaired) electrons. The lowest BCUT2D eigenvalue weighted by Crippen LogP contribution is -2.63. The van der Waals surface area contributed by atoms with Crippen LogP contribution in [-0.2, 0) is 16.7 Å². The Bertz CT molecular complexity index is 1010. The third-order valence-corrected chi connectivity index (χ3v) is 7.16. The Balaban J connectivity index is 1.49. The number of carbonyl (C=O) groups is 1. The number of aliphatic imine (C=N–C) groups is 1. The van der Waals surface area contributed by atoms with Crippen LogP contribution in [0, 0.1) is 0 Å². The Labute approximate surface area is 183 Å². The molecule has 2 aromatic rings. The molecule has 0 aromatic heterocycles. The molecular formula is C25H30N4O2. The fourth-order valence-corrected chi connectivity index (χ4v) is 5.89. The number of hydrogen-bond donors (Lipinski definition) is 1. The quantitative estimate of drug-likeness (QED) is 0.813. The van der Waals surface area contributed by atoms with E-state index in [1.807, 2.05) is 36.1 Å². The van der Waals surface area contributed by atoms with Gasteiger partial charge in [0.2, 0.25) is 0 Å². The fraction of sp³-hybridized carbons (Fsp3) is 0.440. The average molecular weight is 419 g/mol. The van der Waals surface area contributed by atoms with Crippen LogP contribution < -0.4 is 10.6 Å². The molecule has 6 nitrogen and oxygen atoms in total. The monoisotopic (exact) mass is 418 g/mol. The van der Waals surface area contributed by atoms with Gasteiger partial charge in [-0.25, -0.2) is 9.79 Å². The average Bonchev–Trinajstić information content (AvgIpc) is 3.30. The first-order valence-electron chi connectivity index (χ1n) is 11.3. The maximum Gasteiger partial charge on any atom is 0.414 e. The molecule has 5 rings (SSSR count).